The van der Waals surface area contributed by atoms with Crippen LogP contribution in [0.25, 0.3) is 0 Å². The van der Waals surface area contributed by atoms with Crippen LogP contribution >= 0.6 is 11.3 Å². The number of carbonyl (C=O) groups excluding carboxylic acids is 2. The second-order valence-corrected chi connectivity index (χ2v) is 7.88. The lowest BCUT2D eigenvalue weighted by atomic mass is 10.00. The van der Waals surface area contributed by atoms with E-state index in [2.05, 4.69) is 24.1 Å². The predicted octanol–water partition coefficient (Wildman–Crippen LogP) is 3.11. The summed E-state index contributed by atoms with van der Waals surface area (Å²) >= 11 is 1.49. The summed E-state index contributed by atoms with van der Waals surface area (Å²) in [6, 6.07) is 7.32. The average Bonchev–Trinajstić information content (AvgIpc) is 3.22. The molecule has 138 valence electrons. The zero-order valence-electron chi connectivity index (χ0n) is 15.1. The molecule has 2 aromatic rings. The second kappa shape index (κ2) is 7.55. The number of aliphatic hydroxyl groups excluding tert-OH is 1. The largest absolute Gasteiger partial charge is 0.383 e. The average molecular weight is 373 g/mol. The number of rotatable bonds is 5. The van der Waals surface area contributed by atoms with Crippen molar-refractivity contribution in [2.24, 2.45) is 0 Å². The molecule has 1 saturated heterocycles. The van der Waals surface area contributed by atoms with Gasteiger partial charge in [0.25, 0.3) is 5.91 Å². The maximum Gasteiger partial charge on any atom is 0.255 e. The number of anilines is 2. The molecule has 2 N–H and O–H groups in total. The molecule has 1 aliphatic rings. The topological polar surface area (TPSA) is 82.5 Å². The number of nitrogens with zero attached hydrogens (tertiary/aromatic N) is 2. The molecule has 2 heterocycles. The Kier molecular flexibility index (Phi) is 5.38. The Balaban J connectivity index is 1.66. The zero-order chi connectivity index (χ0) is 18.8. The lowest BCUT2D eigenvalue weighted by Gasteiger charge is -2.17. The minimum absolute atomic E-state index is 0.116. The minimum Gasteiger partial charge on any atom is -0.383 e. The van der Waals surface area contributed by atoms with Gasteiger partial charge in [0, 0.05) is 29.7 Å². The first-order valence-electron chi connectivity index (χ1n) is 8.72. The molecule has 0 spiro atoms. The summed E-state index contributed by atoms with van der Waals surface area (Å²) in [6.07, 6.45) is 1.34. The smallest absolute Gasteiger partial charge is 0.255 e. The van der Waals surface area contributed by atoms with Crippen molar-refractivity contribution in [2.45, 2.75) is 45.1 Å². The molecule has 1 aromatic carbocycles. The van der Waals surface area contributed by atoms with Gasteiger partial charge in [-0.05, 0) is 30.5 Å². The van der Waals surface area contributed by atoms with Crippen LogP contribution in [0.3, 0.4) is 0 Å². The molecule has 0 aliphatic carbocycles. The summed E-state index contributed by atoms with van der Waals surface area (Å²) in [7, 11) is 0. The van der Waals surface area contributed by atoms with Crippen LogP contribution in [-0.2, 0) is 9.59 Å². The van der Waals surface area contributed by atoms with Gasteiger partial charge in [-0.3, -0.25) is 9.59 Å². The Bertz CT molecular complexity index is 801. The van der Waals surface area contributed by atoms with Gasteiger partial charge in [-0.2, -0.15) is 0 Å². The van der Waals surface area contributed by atoms with Crippen molar-refractivity contribution in [3.63, 3.8) is 0 Å². The highest BCUT2D eigenvalue weighted by Gasteiger charge is 2.30. The van der Waals surface area contributed by atoms with Crippen molar-refractivity contribution in [3.05, 3.63) is 40.9 Å². The number of aromatic nitrogens is 1. The van der Waals surface area contributed by atoms with Gasteiger partial charge in [-0.15, -0.1) is 11.3 Å². The molecule has 1 aliphatic heterocycles. The van der Waals surface area contributed by atoms with Crippen LogP contribution in [0.2, 0.25) is 0 Å². The third kappa shape index (κ3) is 3.78. The fourth-order valence-corrected chi connectivity index (χ4v) is 3.66. The molecule has 7 heteroatoms. The van der Waals surface area contributed by atoms with E-state index >= 15 is 0 Å². The molecule has 1 fully saturated rings. The molecular formula is C19H23N3O3S. The lowest BCUT2D eigenvalue weighted by Crippen LogP contribution is -2.29. The monoisotopic (exact) mass is 373 g/mol. The highest BCUT2D eigenvalue weighted by molar-refractivity contribution is 7.15. The summed E-state index contributed by atoms with van der Waals surface area (Å²) in [4.78, 5) is 31.3. The predicted molar refractivity (Wildman–Crippen MR) is 103 cm³/mol. The summed E-state index contributed by atoms with van der Waals surface area (Å²) in [5.74, 6) is -0.339. The Hall–Kier alpha value is -2.25. The van der Waals surface area contributed by atoms with Crippen LogP contribution < -0.4 is 10.2 Å². The van der Waals surface area contributed by atoms with Crippen LogP contribution in [0.1, 0.15) is 49.5 Å². The summed E-state index contributed by atoms with van der Waals surface area (Å²) in [5, 5.41) is 13.1. The quantitative estimate of drug-likeness (QED) is 0.844. The molecule has 2 amide bonds. The van der Waals surface area contributed by atoms with Crippen LogP contribution in [0.15, 0.2) is 30.5 Å². The highest BCUT2D eigenvalue weighted by atomic mass is 32.1. The molecule has 0 radical (unpaired) electrons. The van der Waals surface area contributed by atoms with Gasteiger partial charge in [0.05, 0.1) is 5.92 Å². The number of hydrogen-bond donors (Lipinski definition) is 2. The first-order valence-corrected chi connectivity index (χ1v) is 9.54. The third-order valence-electron chi connectivity index (χ3n) is 4.60. The normalized spacial score (nSPS) is 18.4. The Morgan fingerprint density at radius 1 is 1.31 bits per heavy atom. The van der Waals surface area contributed by atoms with Crippen molar-refractivity contribution in [3.8, 4) is 0 Å². The number of carbonyl (C=O) groups is 2. The van der Waals surface area contributed by atoms with Gasteiger partial charge in [0.15, 0.2) is 5.13 Å². The second-order valence-electron chi connectivity index (χ2n) is 6.82. The van der Waals surface area contributed by atoms with E-state index in [1.807, 2.05) is 31.2 Å². The van der Waals surface area contributed by atoms with Crippen molar-refractivity contribution >= 4 is 34.0 Å². The number of amides is 2. The van der Waals surface area contributed by atoms with E-state index in [1.165, 1.54) is 11.3 Å². The van der Waals surface area contributed by atoms with Gasteiger partial charge < -0.3 is 15.3 Å². The summed E-state index contributed by atoms with van der Waals surface area (Å²) in [6.45, 7) is 6.53. The number of benzene rings is 1. The zero-order valence-corrected chi connectivity index (χ0v) is 15.9. The van der Waals surface area contributed by atoms with Crippen LogP contribution in [0.4, 0.5) is 10.8 Å². The molecule has 26 heavy (non-hydrogen) atoms. The van der Waals surface area contributed by atoms with Gasteiger partial charge in [0.2, 0.25) is 5.91 Å². The number of nitrogens with one attached hydrogen (secondary N) is 1. The molecule has 0 unspecified atom stereocenters. The van der Waals surface area contributed by atoms with Crippen LogP contribution in [0, 0.1) is 0 Å². The van der Waals surface area contributed by atoms with E-state index in [0.717, 1.165) is 16.1 Å². The van der Waals surface area contributed by atoms with Gasteiger partial charge >= 0.3 is 0 Å². The van der Waals surface area contributed by atoms with Crippen molar-refractivity contribution in [1.82, 2.24) is 4.98 Å². The number of aliphatic hydroxyl groups is 1. The molecule has 2 atom stereocenters. The Morgan fingerprint density at radius 2 is 2.00 bits per heavy atom. The van der Waals surface area contributed by atoms with Gasteiger partial charge in [-0.25, -0.2) is 4.98 Å². The van der Waals surface area contributed by atoms with E-state index in [0.29, 0.717) is 24.0 Å². The SMILES string of the molecule is CC(C)c1cnc(NC(=O)[C@@H](C)c2ccc(N3CC[C@@H](O)C3=O)cc2)s1. The summed E-state index contributed by atoms with van der Waals surface area (Å²) in [5.41, 5.74) is 1.60. The molecule has 0 bridgehead atoms. The van der Waals surface area contributed by atoms with E-state index in [9.17, 15) is 14.7 Å². The molecule has 1 aromatic heterocycles. The van der Waals surface area contributed by atoms with E-state index in [4.69, 9.17) is 0 Å². The van der Waals surface area contributed by atoms with E-state index < -0.39 is 6.10 Å². The highest BCUT2D eigenvalue weighted by Crippen LogP contribution is 2.28. The van der Waals surface area contributed by atoms with Crippen LogP contribution in [-0.4, -0.2) is 34.6 Å². The van der Waals surface area contributed by atoms with Crippen molar-refractivity contribution < 1.29 is 14.7 Å². The molecule has 0 saturated carbocycles. The third-order valence-corrected chi connectivity index (χ3v) is 5.81. The first-order chi connectivity index (χ1) is 12.4. The molecule has 6 nitrogen and oxygen atoms in total. The fraction of sp³-hybridized carbons (Fsp3) is 0.421. The van der Waals surface area contributed by atoms with Crippen molar-refractivity contribution in [1.29, 1.82) is 0 Å². The standard InChI is InChI=1S/C19H23N3O3S/c1-11(2)16-10-20-19(26-16)21-17(24)12(3)13-4-6-14(7-5-13)22-9-8-15(23)18(22)25/h4-7,10-12,15,23H,8-9H2,1-3H3,(H,20,21,24)/t12-,15+/m0/s1. The maximum absolute atomic E-state index is 12.5. The van der Waals surface area contributed by atoms with E-state index in [-0.39, 0.29) is 17.7 Å². The molecule has 3 rings (SSSR count). The first kappa shape index (κ1) is 18.5. The Morgan fingerprint density at radius 3 is 2.54 bits per heavy atom. The lowest BCUT2D eigenvalue weighted by molar-refractivity contribution is -0.124. The van der Waals surface area contributed by atoms with Gasteiger partial charge in [-0.1, -0.05) is 26.0 Å². The maximum atomic E-state index is 12.5. The number of hydrogen-bond acceptors (Lipinski definition) is 5. The van der Waals surface area contributed by atoms with E-state index in [1.54, 1.807) is 11.1 Å². The van der Waals surface area contributed by atoms with Crippen molar-refractivity contribution in [2.75, 3.05) is 16.8 Å². The molecular weight excluding hydrogens is 350 g/mol. The number of thiazole rings is 1. The fourth-order valence-electron chi connectivity index (χ4n) is 2.84. The summed E-state index contributed by atoms with van der Waals surface area (Å²) < 4.78 is 0. The van der Waals surface area contributed by atoms with Crippen LogP contribution in [0.5, 0.6) is 0 Å². The minimum atomic E-state index is -0.909. The Labute approximate surface area is 156 Å². The van der Waals surface area contributed by atoms with Gasteiger partial charge in [0.1, 0.15) is 6.10 Å².